The van der Waals surface area contributed by atoms with Crippen molar-refractivity contribution in [2.75, 3.05) is 11.1 Å². The van der Waals surface area contributed by atoms with E-state index < -0.39 is 44.9 Å². The Bertz CT molecular complexity index is 2080. The summed E-state index contributed by atoms with van der Waals surface area (Å²) in [7, 11) is 0. The maximum Gasteiger partial charge on any atom is 0.337 e. The number of carboxylic acid groups (broad SMARTS) is 2. The average molecular weight is 1870 g/mol. The van der Waals surface area contributed by atoms with Gasteiger partial charge in [0.25, 0.3) is 26.9 Å². The Kier molecular flexibility index (Phi) is 24.7. The number of halogens is 13. The first-order valence-corrected chi connectivity index (χ1v) is 24.4. The number of aliphatic hydroxyl groups is 1. The van der Waals surface area contributed by atoms with Crippen molar-refractivity contribution in [1.82, 2.24) is 0 Å². The average Bonchev–Trinajstić information content (AvgIpc) is 3.03. The number of carbonyl (C=O) groups is 7. The third-order valence-corrected chi connectivity index (χ3v) is 16.4. The van der Waals surface area contributed by atoms with Crippen molar-refractivity contribution in [2.45, 2.75) is 13.0 Å². The minimum absolute atomic E-state index is 0.0588. The van der Waals surface area contributed by atoms with Crippen molar-refractivity contribution in [1.29, 1.82) is 0 Å². The van der Waals surface area contributed by atoms with Gasteiger partial charge in [0.1, 0.15) is 6.10 Å². The monoisotopic (exact) mass is 1870 g/mol. The zero-order valence-electron chi connectivity index (χ0n) is 25.5. The van der Waals surface area contributed by atoms with E-state index in [2.05, 4.69) is 22.3 Å². The number of nitrogens with two attached hydrogens (primary N) is 1. The Morgan fingerprint density at radius 2 is 0.891 bits per heavy atom. The fourth-order valence-corrected chi connectivity index (χ4v) is 18.5. The number of hydrogen-bond donors (Lipinski definition) is 5. The molecule has 14 nitrogen and oxygen atoms in total. The highest BCUT2D eigenvalue weighted by atomic mass is 127. The largest absolute Gasteiger partial charge is 0.478 e. The summed E-state index contributed by atoms with van der Waals surface area (Å²) < 4.78 is 6.33. The van der Waals surface area contributed by atoms with Crippen LogP contribution in [0.1, 0.15) is 69.1 Å². The summed E-state index contributed by atoms with van der Waals surface area (Å²) in [6, 6.07) is 0. The van der Waals surface area contributed by atoms with Crippen LogP contribution in [0.25, 0.3) is 0 Å². The van der Waals surface area contributed by atoms with Crippen LogP contribution in [0.3, 0.4) is 0 Å². The highest BCUT2D eigenvalue weighted by Crippen LogP contribution is 2.40. The van der Waals surface area contributed by atoms with Crippen molar-refractivity contribution in [3.63, 3.8) is 0 Å². The maximum absolute atomic E-state index is 11.7. The molecule has 0 saturated carbocycles. The third kappa shape index (κ3) is 13.8. The fourth-order valence-electron chi connectivity index (χ4n) is 3.51. The molecule has 1 atom stereocenters. The van der Waals surface area contributed by atoms with E-state index in [-0.39, 0.29) is 54.1 Å². The lowest BCUT2D eigenvalue weighted by Crippen LogP contribution is -2.26. The summed E-state index contributed by atoms with van der Waals surface area (Å²) in [5, 5.41) is 26.8. The highest BCUT2D eigenvalue weighted by molar-refractivity contribution is 14.1. The number of carboxylic acids is 2. The molecule has 0 aliphatic carbocycles. The highest BCUT2D eigenvalue weighted by Gasteiger charge is 2.30. The van der Waals surface area contributed by atoms with Crippen molar-refractivity contribution in [3.05, 3.63) is 65.5 Å². The van der Waals surface area contributed by atoms with E-state index in [1.54, 1.807) is 90.4 Å². The second-order valence-corrected chi connectivity index (χ2v) is 20.5. The van der Waals surface area contributed by atoms with E-state index in [0.29, 0.717) is 28.6 Å². The molecule has 0 spiro atoms. The van der Waals surface area contributed by atoms with Crippen LogP contribution in [0, 0.1) is 32.1 Å². The SMILES string of the molecule is C[C@H](O)C(=O)Nc1c(I)c(C(=O)Cl)c(I)c(C(=O)Cl)c1I.Nc1c(I)c(C(=O)O)c(I)c(C(=O)O)c1I.O=C(Cl)c1c(I)c(ON=S)c(I)c(C(=O)Cl)c1I. The number of rotatable bonds is 10. The van der Waals surface area contributed by atoms with Crippen LogP contribution >= 0.6 is 250 Å². The zero-order chi connectivity index (χ0) is 43.1. The molecular weight excluding hydrogens is 1860 g/mol. The van der Waals surface area contributed by atoms with E-state index in [9.17, 15) is 38.7 Å². The first-order chi connectivity index (χ1) is 25.2. The number of benzene rings is 3. The van der Waals surface area contributed by atoms with Gasteiger partial charge in [-0.15, -0.1) is 0 Å². The lowest BCUT2D eigenvalue weighted by atomic mass is 10.1. The quantitative estimate of drug-likeness (QED) is 0.0550. The minimum atomic E-state index is -1.25. The predicted molar refractivity (Wildman–Crippen MR) is 284 cm³/mol. The minimum Gasteiger partial charge on any atom is -0.478 e. The Morgan fingerprint density at radius 1 is 0.600 bits per heavy atom. The number of hydrogen-bond acceptors (Lipinski definition) is 12. The van der Waals surface area contributed by atoms with Gasteiger partial charge in [0.15, 0.2) is 5.75 Å². The molecule has 0 bridgehead atoms. The summed E-state index contributed by atoms with van der Waals surface area (Å²) >= 11 is 42.8. The van der Waals surface area contributed by atoms with E-state index in [1.807, 2.05) is 113 Å². The van der Waals surface area contributed by atoms with Crippen LogP contribution in [-0.2, 0) is 17.2 Å². The van der Waals surface area contributed by atoms with Crippen molar-refractivity contribution >= 4 is 312 Å². The molecule has 0 aliphatic heterocycles. The van der Waals surface area contributed by atoms with Gasteiger partial charge in [-0.25, -0.2) is 9.59 Å². The molecular formula is C27H10Cl4I9N3O11S. The normalized spacial score (nSPS) is 10.8. The van der Waals surface area contributed by atoms with Crippen LogP contribution < -0.4 is 15.9 Å². The summed E-state index contributed by atoms with van der Waals surface area (Å²) in [4.78, 5) is 84.6. The number of nitrogens with zero attached hydrogens (tertiary/aromatic N) is 1. The van der Waals surface area contributed by atoms with Gasteiger partial charge >= 0.3 is 11.9 Å². The topological polar surface area (TPSA) is 240 Å². The van der Waals surface area contributed by atoms with Gasteiger partial charge in [-0.3, -0.25) is 24.0 Å². The number of nitrogens with one attached hydrogen (secondary N) is 1. The summed E-state index contributed by atoms with van der Waals surface area (Å²) in [5.41, 5.74) is 6.45. The molecule has 0 unspecified atom stereocenters. The molecule has 296 valence electrons. The second kappa shape index (κ2) is 24.6. The van der Waals surface area contributed by atoms with Crippen molar-refractivity contribution < 1.29 is 53.7 Å². The summed E-state index contributed by atoms with van der Waals surface area (Å²) in [6.07, 6.45) is -1.25. The molecule has 6 N–H and O–H groups in total. The molecule has 0 aromatic heterocycles. The molecule has 1 amide bonds. The lowest BCUT2D eigenvalue weighted by Gasteiger charge is -2.17. The molecule has 0 saturated heterocycles. The smallest absolute Gasteiger partial charge is 0.337 e. The van der Waals surface area contributed by atoms with Crippen LogP contribution in [-0.4, -0.2) is 60.2 Å². The van der Waals surface area contributed by atoms with E-state index in [4.69, 9.17) is 67.2 Å². The molecule has 3 rings (SSSR count). The Labute approximate surface area is 457 Å². The number of carbonyl (C=O) groups excluding carboxylic acids is 5. The fraction of sp³-hybridized carbons (Fsp3) is 0.0741. The standard InChI is InChI=1S/C11H6Cl2I3NO4.C8Cl2I3NO3S.C8H4I3NO4/c1-2(18)11(21)17-8-6(15)3(9(12)19)5(14)4(7(8)16)10(13)20;9-7(15)1-3(11)2(8(10)16)5(13)6(4(1)12)17-14-18;9-3-1(7(13)14)4(10)6(12)5(11)2(3)8(15)16/h2,18H,1H3,(H,17,21);;12H2,(H,13,14)(H,15,16)/t2-;;/m0../s1. The number of amides is 1. The van der Waals surface area contributed by atoms with Gasteiger partial charge in [-0.1, -0.05) is 0 Å². The van der Waals surface area contributed by atoms with Crippen molar-refractivity contribution in [3.8, 4) is 5.75 Å². The molecule has 0 heterocycles. The van der Waals surface area contributed by atoms with Crippen LogP contribution in [0.2, 0.25) is 0 Å². The first kappa shape index (κ1) is 55.1. The molecule has 28 heteroatoms. The van der Waals surface area contributed by atoms with Gasteiger partial charge in [-0.2, -0.15) is 0 Å². The van der Waals surface area contributed by atoms with Gasteiger partial charge in [0.05, 0.1) is 78.6 Å². The predicted octanol–water partition coefficient (Wildman–Crippen LogP) is 10.3. The van der Waals surface area contributed by atoms with Crippen LogP contribution in [0.5, 0.6) is 5.75 Å². The Balaban J connectivity index is 0.000000416. The van der Waals surface area contributed by atoms with E-state index >= 15 is 0 Å². The Hall–Kier alpha value is 2.06. The molecule has 0 radical (unpaired) electrons. The number of aliphatic hydroxyl groups excluding tert-OH is 1. The number of anilines is 2. The second-order valence-electron chi connectivity index (χ2n) is 9.23. The molecule has 3 aromatic rings. The van der Waals surface area contributed by atoms with Crippen LogP contribution in [0.4, 0.5) is 11.4 Å². The molecule has 3 aromatic carbocycles. The van der Waals surface area contributed by atoms with Crippen molar-refractivity contribution in [2.24, 2.45) is 4.53 Å². The van der Waals surface area contributed by atoms with Crippen LogP contribution in [0.15, 0.2) is 4.53 Å². The van der Waals surface area contributed by atoms with E-state index in [1.165, 1.54) is 6.92 Å². The molecule has 0 fully saturated rings. The number of aromatic carboxylic acids is 2. The zero-order valence-corrected chi connectivity index (χ0v) is 48.8. The van der Waals surface area contributed by atoms with E-state index in [0.717, 1.165) is 0 Å². The van der Waals surface area contributed by atoms with Gasteiger partial charge in [-0.05, 0) is 261 Å². The third-order valence-electron chi connectivity index (χ3n) is 5.91. The number of nitrogen functional groups attached to an aromatic ring is 1. The van der Waals surface area contributed by atoms with Gasteiger partial charge in [0, 0.05) is 10.7 Å². The Morgan fingerprint density at radius 3 is 1.15 bits per heavy atom. The molecule has 0 aliphatic rings. The van der Waals surface area contributed by atoms with Gasteiger partial charge < -0.3 is 31.2 Å². The molecule has 55 heavy (non-hydrogen) atoms. The maximum atomic E-state index is 11.7. The summed E-state index contributed by atoms with van der Waals surface area (Å²) in [6.45, 7) is 1.29. The first-order valence-electron chi connectivity index (χ1n) is 12.8. The van der Waals surface area contributed by atoms with Gasteiger partial charge in [0.2, 0.25) is 0 Å². The summed E-state index contributed by atoms with van der Waals surface area (Å²) in [5.74, 6) is -2.84. The lowest BCUT2D eigenvalue weighted by molar-refractivity contribution is -0.123.